The molecule has 0 radical (unpaired) electrons. The van der Waals surface area contributed by atoms with E-state index in [2.05, 4.69) is 0 Å². The maximum atomic E-state index is 14.1. The molecule has 4 unspecified atom stereocenters. The number of ketones is 1. The maximum absolute atomic E-state index is 14.1. The Labute approximate surface area is 304 Å². The zero-order valence-electron chi connectivity index (χ0n) is 32.9. The van der Waals surface area contributed by atoms with Gasteiger partial charge in [-0.2, -0.15) is 0 Å². The highest BCUT2D eigenvalue weighted by atomic mass is 16.7. The minimum Gasteiger partial charge on any atom is -0.459 e. The number of likely N-dealkylation sites (N-methyl/N-ethyl adjacent to an activating group) is 1. The van der Waals surface area contributed by atoms with Crippen LogP contribution in [0.5, 0.6) is 0 Å². The van der Waals surface area contributed by atoms with Crippen LogP contribution >= 0.6 is 0 Å². The van der Waals surface area contributed by atoms with E-state index in [0.717, 1.165) is 0 Å². The van der Waals surface area contributed by atoms with Crippen molar-refractivity contribution >= 4 is 11.8 Å². The van der Waals surface area contributed by atoms with Gasteiger partial charge in [0.15, 0.2) is 12.6 Å². The quantitative estimate of drug-likeness (QED) is 0.238. The van der Waals surface area contributed by atoms with Crippen LogP contribution in [-0.2, 0) is 38.0 Å². The number of cyclic esters (lactones) is 1. The number of carbonyl (C=O) groups excluding carboxylic acids is 2. The molecule has 0 bridgehead atoms. The third kappa shape index (κ3) is 9.51. The van der Waals surface area contributed by atoms with Gasteiger partial charge in [0.2, 0.25) is 0 Å². The molecule has 0 spiro atoms. The summed E-state index contributed by atoms with van der Waals surface area (Å²) in [6.45, 7) is 16.3. The smallest absolute Gasteiger partial charge is 0.311 e. The molecule has 0 aliphatic carbocycles. The van der Waals surface area contributed by atoms with E-state index >= 15 is 0 Å². The van der Waals surface area contributed by atoms with Gasteiger partial charge >= 0.3 is 5.97 Å². The molecule has 0 aromatic rings. The van der Waals surface area contributed by atoms with Gasteiger partial charge < -0.3 is 58.9 Å². The summed E-state index contributed by atoms with van der Waals surface area (Å²) in [6.07, 6.45) is -9.71. The van der Waals surface area contributed by atoms with Crippen LogP contribution in [0.4, 0.5) is 0 Å². The average molecular weight is 734 g/mol. The van der Waals surface area contributed by atoms with Crippen LogP contribution in [0.3, 0.4) is 0 Å². The second kappa shape index (κ2) is 17.0. The van der Waals surface area contributed by atoms with E-state index < -0.39 is 108 Å². The topological polar surface area (TPSA) is 194 Å². The average Bonchev–Trinajstić information content (AvgIpc) is 3.05. The number of esters is 1. The van der Waals surface area contributed by atoms with Crippen molar-refractivity contribution in [1.82, 2.24) is 4.90 Å². The number of aliphatic hydroxyl groups excluding tert-OH is 3. The van der Waals surface area contributed by atoms with Crippen molar-refractivity contribution in [3.8, 4) is 0 Å². The highest BCUT2D eigenvalue weighted by Gasteiger charge is 2.53. The summed E-state index contributed by atoms with van der Waals surface area (Å²) in [5.74, 6) is -4.98. The van der Waals surface area contributed by atoms with Gasteiger partial charge in [0, 0.05) is 37.3 Å². The molecule has 5 N–H and O–H groups in total. The molecule has 3 fully saturated rings. The summed E-state index contributed by atoms with van der Waals surface area (Å²) < 4.78 is 37.1. The van der Waals surface area contributed by atoms with E-state index in [4.69, 9.17) is 28.4 Å². The Morgan fingerprint density at radius 3 is 2.04 bits per heavy atom. The molecule has 3 aliphatic rings. The molecular weight excluding hydrogens is 666 g/mol. The Balaban J connectivity index is 2.18. The van der Waals surface area contributed by atoms with Crippen LogP contribution in [0.15, 0.2) is 0 Å². The van der Waals surface area contributed by atoms with E-state index in [1.54, 1.807) is 41.5 Å². The fraction of sp³-hybridized carbons (Fsp3) is 0.946. The van der Waals surface area contributed by atoms with Gasteiger partial charge in [0.1, 0.15) is 29.7 Å². The van der Waals surface area contributed by atoms with Crippen molar-refractivity contribution in [1.29, 1.82) is 0 Å². The normalized spacial score (nSPS) is 49.7. The molecule has 0 aromatic carbocycles. The molecule has 18 atom stereocenters. The first-order valence-electron chi connectivity index (χ1n) is 18.5. The number of aliphatic hydroxyl groups is 5. The molecule has 3 rings (SSSR count). The van der Waals surface area contributed by atoms with Crippen molar-refractivity contribution < 1.29 is 63.5 Å². The first kappa shape index (κ1) is 44.1. The fourth-order valence-electron chi connectivity index (χ4n) is 8.41. The lowest BCUT2D eigenvalue weighted by atomic mass is 9.74. The van der Waals surface area contributed by atoms with E-state index in [1.807, 2.05) is 25.9 Å². The van der Waals surface area contributed by atoms with E-state index in [9.17, 15) is 35.1 Å². The van der Waals surface area contributed by atoms with Gasteiger partial charge in [-0.15, -0.1) is 0 Å². The van der Waals surface area contributed by atoms with Crippen LogP contribution in [0.2, 0.25) is 0 Å². The number of hydrogen-bond acceptors (Lipinski definition) is 14. The Kier molecular flexibility index (Phi) is 14.7. The Morgan fingerprint density at radius 2 is 1.49 bits per heavy atom. The largest absolute Gasteiger partial charge is 0.459 e. The first-order valence-corrected chi connectivity index (χ1v) is 18.5. The van der Waals surface area contributed by atoms with Crippen LogP contribution in [0.1, 0.15) is 94.9 Å². The van der Waals surface area contributed by atoms with Gasteiger partial charge in [0.25, 0.3) is 0 Å². The molecule has 3 saturated heterocycles. The maximum Gasteiger partial charge on any atom is 0.311 e. The Bertz CT molecular complexity index is 1170. The fourth-order valence-corrected chi connectivity index (χ4v) is 8.41. The summed E-state index contributed by atoms with van der Waals surface area (Å²) in [5, 5.41) is 57.6. The number of carbonyl (C=O) groups is 2. The van der Waals surface area contributed by atoms with Crippen LogP contribution in [0, 0.1) is 23.7 Å². The molecule has 0 amide bonds. The summed E-state index contributed by atoms with van der Waals surface area (Å²) in [7, 11) is 5.18. The number of nitrogens with zero attached hydrogens (tertiary/aromatic N) is 1. The second-order valence-electron chi connectivity index (χ2n) is 16.5. The van der Waals surface area contributed by atoms with Gasteiger partial charge in [-0.1, -0.05) is 27.7 Å². The predicted octanol–water partition coefficient (Wildman–Crippen LogP) is 1.79. The number of rotatable bonds is 7. The van der Waals surface area contributed by atoms with Gasteiger partial charge in [-0.3, -0.25) is 9.59 Å². The molecule has 3 heterocycles. The zero-order valence-corrected chi connectivity index (χ0v) is 32.9. The number of ether oxygens (including phenoxy) is 6. The first-order chi connectivity index (χ1) is 23.4. The molecule has 298 valence electrons. The number of Topliss-reactive ketones (excluding diaryl/α,β-unsaturated/α-hetero) is 1. The lowest BCUT2D eigenvalue weighted by Crippen LogP contribution is -2.61. The van der Waals surface area contributed by atoms with Gasteiger partial charge in [-0.05, 0) is 74.9 Å². The minimum atomic E-state index is -1.99. The molecule has 0 saturated carbocycles. The molecular formula is C37H67NO13. The number of methoxy groups -OCH3 is 1. The third-order valence-electron chi connectivity index (χ3n) is 11.8. The summed E-state index contributed by atoms with van der Waals surface area (Å²) in [4.78, 5) is 29.8. The third-order valence-corrected chi connectivity index (χ3v) is 11.8. The van der Waals surface area contributed by atoms with Crippen molar-refractivity contribution in [2.24, 2.45) is 23.7 Å². The van der Waals surface area contributed by atoms with Crippen LogP contribution in [0.25, 0.3) is 0 Å². The summed E-state index contributed by atoms with van der Waals surface area (Å²) in [6, 6.07) is -0.324. The molecule has 14 heteroatoms. The minimum absolute atomic E-state index is 0.0936. The SMILES string of the molecule is CC[C@H]1OC(=O)[C@H](C)[C@@H](O[C@H]2CC(C)(OC)[C@@H](O)[C@H](C)O2)[C@H](C)[C@@H](O[C@@H]2OC(C)CC(N(C)C)C2O)[C@](C)(O)C[C@@H](C)C(=O)[C@H](C)[C@@H](O)[C@]1(C)O. The highest BCUT2D eigenvalue weighted by molar-refractivity contribution is 5.83. The Hall–Kier alpha value is -1.30. The number of hydrogen-bond donors (Lipinski definition) is 5. The van der Waals surface area contributed by atoms with Crippen molar-refractivity contribution in [3.05, 3.63) is 0 Å². The van der Waals surface area contributed by atoms with E-state index in [-0.39, 0.29) is 31.4 Å². The molecule has 3 aliphatic heterocycles. The molecule has 0 aromatic heterocycles. The van der Waals surface area contributed by atoms with Crippen LogP contribution in [-0.4, -0.2) is 148 Å². The highest BCUT2D eigenvalue weighted by Crippen LogP contribution is 2.40. The van der Waals surface area contributed by atoms with E-state index in [0.29, 0.717) is 6.42 Å². The van der Waals surface area contributed by atoms with Crippen molar-refractivity contribution in [2.75, 3.05) is 21.2 Å². The summed E-state index contributed by atoms with van der Waals surface area (Å²) >= 11 is 0. The standard InChI is InChI=1S/C37H67NO13/c1-14-25-37(10,45)30(41)20(4)27(39)18(2)16-35(8,44)32(51-34-28(40)24(38(11)12)15-19(3)47-34)21(5)29(22(6)33(43)49-25)50-26-17-36(9,46-13)31(42)23(7)48-26/h18-26,28-32,34,40-42,44-45H,14-17H2,1-13H3/t18-,19?,20+,21+,22-,23+,24?,25-,26+,28?,29+,30-,31+,32-,34+,35-,36?,37-/m1/s1. The lowest BCUT2D eigenvalue weighted by Gasteiger charge is -2.49. The predicted molar refractivity (Wildman–Crippen MR) is 186 cm³/mol. The lowest BCUT2D eigenvalue weighted by molar-refractivity contribution is -0.318. The summed E-state index contributed by atoms with van der Waals surface area (Å²) in [5.41, 5.74) is -4.84. The molecule has 51 heavy (non-hydrogen) atoms. The van der Waals surface area contributed by atoms with Gasteiger partial charge in [-0.25, -0.2) is 0 Å². The second-order valence-corrected chi connectivity index (χ2v) is 16.5. The van der Waals surface area contributed by atoms with Crippen LogP contribution < -0.4 is 0 Å². The molecule has 14 nitrogen and oxygen atoms in total. The zero-order chi connectivity index (χ0) is 39.0. The van der Waals surface area contributed by atoms with Crippen molar-refractivity contribution in [2.45, 2.75) is 179 Å². The monoisotopic (exact) mass is 733 g/mol. The Morgan fingerprint density at radius 1 is 0.882 bits per heavy atom. The van der Waals surface area contributed by atoms with Gasteiger partial charge in [0.05, 0.1) is 47.6 Å². The van der Waals surface area contributed by atoms with Crippen molar-refractivity contribution in [3.63, 3.8) is 0 Å². The van der Waals surface area contributed by atoms with E-state index in [1.165, 1.54) is 27.9 Å².